The summed E-state index contributed by atoms with van der Waals surface area (Å²) in [5.74, 6) is -5.56. The molecule has 0 fully saturated rings. The van der Waals surface area contributed by atoms with Crippen LogP contribution in [0.25, 0.3) is 0 Å². The van der Waals surface area contributed by atoms with E-state index >= 15 is 0 Å². The van der Waals surface area contributed by atoms with Gasteiger partial charge in [0.2, 0.25) is 0 Å². The van der Waals surface area contributed by atoms with Crippen LogP contribution in [0.3, 0.4) is 0 Å². The van der Waals surface area contributed by atoms with E-state index in [0.717, 1.165) is 12.1 Å². The van der Waals surface area contributed by atoms with Crippen LogP contribution < -0.4 is 0 Å². The maximum atomic E-state index is 12.1. The van der Waals surface area contributed by atoms with E-state index in [2.05, 4.69) is 4.74 Å². The average molecular weight is 383 g/mol. The molecule has 0 aliphatic rings. The van der Waals surface area contributed by atoms with Gasteiger partial charge in [0.1, 0.15) is 0 Å². The Morgan fingerprint density at radius 1 is 0.720 bits per heavy atom. The third kappa shape index (κ3) is 3.78. The molecule has 0 saturated carbocycles. The lowest BCUT2D eigenvalue weighted by Gasteiger charge is -2.09. The van der Waals surface area contributed by atoms with Crippen molar-refractivity contribution in [3.05, 3.63) is 68.7 Å². The fourth-order valence-corrected chi connectivity index (χ4v) is 2.53. The van der Waals surface area contributed by atoms with Crippen LogP contribution in [0.2, 0.25) is 10.0 Å². The first-order chi connectivity index (χ1) is 11.7. The number of aromatic carboxylic acids is 2. The van der Waals surface area contributed by atoms with Crippen molar-refractivity contribution >= 4 is 47.1 Å². The number of carboxylic acids is 2. The van der Waals surface area contributed by atoms with Crippen LogP contribution >= 0.6 is 23.2 Å². The van der Waals surface area contributed by atoms with Crippen LogP contribution in [-0.2, 0) is 4.74 Å². The van der Waals surface area contributed by atoms with Gasteiger partial charge in [0.05, 0.1) is 32.3 Å². The Morgan fingerprint density at radius 2 is 1.08 bits per heavy atom. The maximum absolute atomic E-state index is 12.1. The molecule has 2 aromatic rings. The minimum Gasteiger partial charge on any atom is -0.478 e. The van der Waals surface area contributed by atoms with Crippen molar-refractivity contribution in [2.45, 2.75) is 0 Å². The van der Waals surface area contributed by atoms with Crippen molar-refractivity contribution in [1.82, 2.24) is 0 Å². The zero-order valence-corrected chi connectivity index (χ0v) is 13.7. The SMILES string of the molecule is O=C(OC(=O)c1cccc(Cl)c1C(=O)O)c1cccc(Cl)c1C(=O)O. The minimum absolute atomic E-state index is 0.219. The highest BCUT2D eigenvalue weighted by atomic mass is 35.5. The molecule has 2 aromatic carbocycles. The first-order valence-corrected chi connectivity index (χ1v) is 7.29. The van der Waals surface area contributed by atoms with E-state index < -0.39 is 46.1 Å². The Bertz CT molecular complexity index is 832. The molecule has 0 atom stereocenters. The first-order valence-electron chi connectivity index (χ1n) is 6.54. The molecule has 25 heavy (non-hydrogen) atoms. The van der Waals surface area contributed by atoms with Gasteiger partial charge in [-0.25, -0.2) is 19.2 Å². The van der Waals surface area contributed by atoms with Gasteiger partial charge in [0.15, 0.2) is 0 Å². The number of rotatable bonds is 4. The largest absolute Gasteiger partial charge is 0.478 e. The van der Waals surface area contributed by atoms with Gasteiger partial charge in [-0.15, -0.1) is 0 Å². The number of halogens is 2. The molecule has 0 aliphatic carbocycles. The van der Waals surface area contributed by atoms with Crippen LogP contribution in [0.5, 0.6) is 0 Å². The lowest BCUT2D eigenvalue weighted by molar-refractivity contribution is 0.0386. The Hall–Kier alpha value is -2.90. The predicted molar refractivity (Wildman–Crippen MR) is 86.6 cm³/mol. The molecule has 0 unspecified atom stereocenters. The van der Waals surface area contributed by atoms with E-state index in [-0.39, 0.29) is 10.0 Å². The maximum Gasteiger partial charge on any atom is 0.346 e. The predicted octanol–water partition coefficient (Wildman–Crippen LogP) is 3.39. The molecule has 0 amide bonds. The smallest absolute Gasteiger partial charge is 0.346 e. The second kappa shape index (κ2) is 7.33. The van der Waals surface area contributed by atoms with Gasteiger partial charge in [-0.3, -0.25) is 0 Å². The minimum atomic E-state index is -1.49. The summed E-state index contributed by atoms with van der Waals surface area (Å²) in [6.07, 6.45) is 0. The molecular formula is C16H8Cl2O7. The van der Waals surface area contributed by atoms with Crippen molar-refractivity contribution < 1.29 is 34.1 Å². The van der Waals surface area contributed by atoms with Crippen molar-refractivity contribution in [3.8, 4) is 0 Å². The summed E-state index contributed by atoms with van der Waals surface area (Å²) < 4.78 is 4.59. The second-order valence-electron chi connectivity index (χ2n) is 4.61. The van der Waals surface area contributed by atoms with Gasteiger partial charge >= 0.3 is 23.9 Å². The molecule has 9 heteroatoms. The van der Waals surface area contributed by atoms with Crippen LogP contribution in [-0.4, -0.2) is 34.1 Å². The number of hydrogen-bond donors (Lipinski definition) is 2. The molecular weight excluding hydrogens is 375 g/mol. The van der Waals surface area contributed by atoms with Gasteiger partial charge < -0.3 is 14.9 Å². The monoisotopic (exact) mass is 382 g/mol. The lowest BCUT2D eigenvalue weighted by atomic mass is 10.1. The second-order valence-corrected chi connectivity index (χ2v) is 5.43. The zero-order valence-electron chi connectivity index (χ0n) is 12.2. The van der Waals surface area contributed by atoms with E-state index in [0.29, 0.717) is 0 Å². The lowest BCUT2D eigenvalue weighted by Crippen LogP contribution is -2.18. The molecule has 7 nitrogen and oxygen atoms in total. The Morgan fingerprint density at radius 3 is 1.40 bits per heavy atom. The summed E-state index contributed by atoms with van der Waals surface area (Å²) in [6.45, 7) is 0. The quantitative estimate of drug-likeness (QED) is 0.614. The summed E-state index contributed by atoms with van der Waals surface area (Å²) in [7, 11) is 0. The number of carboxylic acid groups (broad SMARTS) is 2. The molecule has 0 bridgehead atoms. The van der Waals surface area contributed by atoms with Gasteiger partial charge in [-0.05, 0) is 24.3 Å². The van der Waals surface area contributed by atoms with Crippen LogP contribution in [0.4, 0.5) is 0 Å². The zero-order chi connectivity index (χ0) is 18.7. The average Bonchev–Trinajstić information content (AvgIpc) is 2.53. The molecule has 0 radical (unpaired) electrons. The Balaban J connectivity index is 2.39. The highest BCUT2D eigenvalue weighted by molar-refractivity contribution is 6.35. The third-order valence-corrected chi connectivity index (χ3v) is 3.71. The standard InChI is InChI=1S/C16H8Cl2O7/c17-9-5-1-3-7(11(9)13(19)20)15(23)25-16(24)8-4-2-6-10(18)12(8)14(21)22/h1-6H,(H,19,20)(H,21,22). The molecule has 2 N–H and O–H groups in total. The molecule has 0 spiro atoms. The fourth-order valence-electron chi connectivity index (χ4n) is 2.02. The molecule has 0 aliphatic heterocycles. The van der Waals surface area contributed by atoms with Crippen molar-refractivity contribution in [2.24, 2.45) is 0 Å². The molecule has 2 rings (SSSR count). The number of carbonyl (C=O) groups excluding carboxylic acids is 2. The van der Waals surface area contributed by atoms with E-state index in [1.54, 1.807) is 0 Å². The summed E-state index contributed by atoms with van der Waals surface area (Å²) in [5.41, 5.74) is -1.97. The van der Waals surface area contributed by atoms with Crippen LogP contribution in [0.15, 0.2) is 36.4 Å². The van der Waals surface area contributed by atoms with Gasteiger partial charge in [0, 0.05) is 0 Å². The number of hydrogen-bond acceptors (Lipinski definition) is 5. The molecule has 0 saturated heterocycles. The Kier molecular flexibility index (Phi) is 5.41. The third-order valence-electron chi connectivity index (χ3n) is 3.08. The topological polar surface area (TPSA) is 118 Å². The van der Waals surface area contributed by atoms with Gasteiger partial charge in [-0.1, -0.05) is 35.3 Å². The number of benzene rings is 2. The number of ether oxygens (including phenoxy) is 1. The molecule has 0 aromatic heterocycles. The fraction of sp³-hybridized carbons (Fsp3) is 0. The van der Waals surface area contributed by atoms with Crippen molar-refractivity contribution in [1.29, 1.82) is 0 Å². The van der Waals surface area contributed by atoms with E-state index in [1.165, 1.54) is 24.3 Å². The highest BCUT2D eigenvalue weighted by Crippen LogP contribution is 2.23. The van der Waals surface area contributed by atoms with E-state index in [4.69, 9.17) is 33.4 Å². The summed E-state index contributed by atoms with van der Waals surface area (Å²) in [4.78, 5) is 46.7. The van der Waals surface area contributed by atoms with Crippen LogP contribution in [0.1, 0.15) is 41.4 Å². The first kappa shape index (κ1) is 18.4. The van der Waals surface area contributed by atoms with E-state index in [1.807, 2.05) is 0 Å². The Labute approximate surface area is 150 Å². The van der Waals surface area contributed by atoms with Crippen molar-refractivity contribution in [2.75, 3.05) is 0 Å². The number of carbonyl (C=O) groups is 4. The van der Waals surface area contributed by atoms with Gasteiger partial charge in [0.25, 0.3) is 0 Å². The molecule has 0 heterocycles. The van der Waals surface area contributed by atoms with Gasteiger partial charge in [-0.2, -0.15) is 0 Å². The summed E-state index contributed by atoms with van der Waals surface area (Å²) >= 11 is 11.5. The number of esters is 2. The van der Waals surface area contributed by atoms with E-state index in [9.17, 15) is 19.2 Å². The summed E-state index contributed by atoms with van der Waals surface area (Å²) in [6, 6.07) is 7.34. The van der Waals surface area contributed by atoms with Crippen molar-refractivity contribution in [3.63, 3.8) is 0 Å². The normalized spacial score (nSPS) is 10.2. The highest BCUT2D eigenvalue weighted by Gasteiger charge is 2.26. The molecule has 128 valence electrons. The van der Waals surface area contributed by atoms with Crippen LogP contribution in [0, 0.1) is 0 Å². The summed E-state index contributed by atoms with van der Waals surface area (Å²) in [5, 5.41) is 17.8.